The first-order chi connectivity index (χ1) is 7.32. The lowest BCUT2D eigenvalue weighted by Gasteiger charge is -2.38. The number of nitrogens with zero attached hydrogens (tertiary/aromatic N) is 1. The Bertz CT molecular complexity index is 363. The van der Waals surface area contributed by atoms with Gasteiger partial charge in [0.15, 0.2) is 0 Å². The van der Waals surface area contributed by atoms with E-state index in [9.17, 15) is 9.90 Å². The van der Waals surface area contributed by atoms with Crippen molar-refractivity contribution in [1.29, 1.82) is 0 Å². The standard InChI is InChI=1S/C11H17BrN2O2/c1-11(10(13)16)5-8(12)7(6-15)4-9(11)14(2)3/h4-5,9,15H,6H2,1-3H3,(H2,13,16). The highest BCUT2D eigenvalue weighted by molar-refractivity contribution is 9.12. The molecule has 0 saturated carbocycles. The predicted molar refractivity (Wildman–Crippen MR) is 67.0 cm³/mol. The maximum Gasteiger partial charge on any atom is 0.229 e. The minimum atomic E-state index is -0.763. The third-order valence-electron chi connectivity index (χ3n) is 2.96. The smallest absolute Gasteiger partial charge is 0.229 e. The van der Waals surface area contributed by atoms with Gasteiger partial charge in [0, 0.05) is 10.5 Å². The van der Waals surface area contributed by atoms with Crippen molar-refractivity contribution < 1.29 is 9.90 Å². The molecule has 0 aliphatic heterocycles. The van der Waals surface area contributed by atoms with Crippen LogP contribution >= 0.6 is 15.9 Å². The molecule has 0 heterocycles. The van der Waals surface area contributed by atoms with E-state index >= 15 is 0 Å². The van der Waals surface area contributed by atoms with Crippen molar-refractivity contribution >= 4 is 21.8 Å². The molecule has 0 aromatic rings. The number of carbonyl (C=O) groups is 1. The van der Waals surface area contributed by atoms with Crippen LogP contribution in [0.25, 0.3) is 0 Å². The molecular weight excluding hydrogens is 272 g/mol. The van der Waals surface area contributed by atoms with Gasteiger partial charge in [0.25, 0.3) is 0 Å². The zero-order valence-electron chi connectivity index (χ0n) is 9.70. The second kappa shape index (κ2) is 4.69. The fourth-order valence-electron chi connectivity index (χ4n) is 1.92. The van der Waals surface area contributed by atoms with Crippen molar-refractivity contribution in [1.82, 2.24) is 4.90 Å². The largest absolute Gasteiger partial charge is 0.392 e. The van der Waals surface area contributed by atoms with Crippen LogP contribution in [0.3, 0.4) is 0 Å². The molecule has 1 aliphatic carbocycles. The van der Waals surface area contributed by atoms with Crippen molar-refractivity contribution in [2.24, 2.45) is 11.1 Å². The van der Waals surface area contributed by atoms with E-state index in [0.29, 0.717) is 0 Å². The predicted octanol–water partition coefficient (Wildman–Crippen LogP) is 0.619. The van der Waals surface area contributed by atoms with Gasteiger partial charge in [-0.15, -0.1) is 0 Å². The summed E-state index contributed by atoms with van der Waals surface area (Å²) >= 11 is 3.34. The van der Waals surface area contributed by atoms with Gasteiger partial charge in [0.05, 0.1) is 12.0 Å². The van der Waals surface area contributed by atoms with Crippen molar-refractivity contribution in [2.45, 2.75) is 13.0 Å². The molecule has 4 nitrogen and oxygen atoms in total. The molecule has 2 unspecified atom stereocenters. The Hall–Kier alpha value is -0.650. The number of aliphatic hydroxyl groups is 1. The topological polar surface area (TPSA) is 66.6 Å². The van der Waals surface area contributed by atoms with Gasteiger partial charge in [-0.05, 0) is 26.6 Å². The SMILES string of the molecule is CN(C)C1C=C(CO)C(Br)=CC1(C)C(N)=O. The Balaban J connectivity index is 3.22. The van der Waals surface area contributed by atoms with Crippen LogP contribution in [0.5, 0.6) is 0 Å². The summed E-state index contributed by atoms with van der Waals surface area (Å²) in [7, 11) is 3.76. The van der Waals surface area contributed by atoms with Crippen molar-refractivity contribution in [3.8, 4) is 0 Å². The average Bonchev–Trinajstić information content (AvgIpc) is 2.17. The normalized spacial score (nSPS) is 30.0. The molecule has 0 aromatic carbocycles. The van der Waals surface area contributed by atoms with Crippen LogP contribution in [-0.4, -0.2) is 42.7 Å². The van der Waals surface area contributed by atoms with E-state index in [-0.39, 0.29) is 18.6 Å². The average molecular weight is 289 g/mol. The van der Waals surface area contributed by atoms with Gasteiger partial charge in [-0.1, -0.05) is 28.1 Å². The maximum absolute atomic E-state index is 11.6. The number of primary amides is 1. The van der Waals surface area contributed by atoms with Crippen LogP contribution in [0, 0.1) is 5.41 Å². The Morgan fingerprint density at radius 1 is 1.69 bits per heavy atom. The van der Waals surface area contributed by atoms with Gasteiger partial charge >= 0.3 is 0 Å². The van der Waals surface area contributed by atoms with Gasteiger partial charge < -0.3 is 15.7 Å². The van der Waals surface area contributed by atoms with Crippen molar-refractivity contribution in [2.75, 3.05) is 20.7 Å². The third kappa shape index (κ3) is 2.21. The van der Waals surface area contributed by atoms with Crippen molar-refractivity contribution in [3.63, 3.8) is 0 Å². The molecule has 3 N–H and O–H groups in total. The first-order valence-electron chi connectivity index (χ1n) is 4.99. The van der Waals surface area contributed by atoms with Gasteiger partial charge in [0.2, 0.25) is 5.91 Å². The van der Waals surface area contributed by atoms with E-state index in [4.69, 9.17) is 5.73 Å². The Morgan fingerprint density at radius 2 is 2.25 bits per heavy atom. The molecule has 0 fully saturated rings. The number of halogens is 1. The van der Waals surface area contributed by atoms with E-state index in [1.165, 1.54) is 0 Å². The number of carbonyl (C=O) groups excluding carboxylic acids is 1. The molecule has 0 aromatic heterocycles. The lowest BCUT2D eigenvalue weighted by atomic mass is 9.76. The van der Waals surface area contributed by atoms with Gasteiger partial charge in [-0.25, -0.2) is 0 Å². The van der Waals surface area contributed by atoms with Crippen LogP contribution in [-0.2, 0) is 4.79 Å². The highest BCUT2D eigenvalue weighted by atomic mass is 79.9. The molecule has 1 amide bonds. The summed E-state index contributed by atoms with van der Waals surface area (Å²) in [5.74, 6) is -0.378. The molecule has 1 rings (SSSR count). The first kappa shape index (κ1) is 13.4. The lowest BCUT2D eigenvalue weighted by Crippen LogP contribution is -2.50. The summed E-state index contributed by atoms with van der Waals surface area (Å²) in [6, 6.07) is -0.145. The Kier molecular flexibility index (Phi) is 3.93. The monoisotopic (exact) mass is 288 g/mol. The number of amides is 1. The van der Waals surface area contributed by atoms with Crippen molar-refractivity contribution in [3.05, 3.63) is 22.2 Å². The molecule has 2 atom stereocenters. The zero-order valence-corrected chi connectivity index (χ0v) is 11.3. The molecule has 5 heteroatoms. The summed E-state index contributed by atoms with van der Waals surface area (Å²) < 4.78 is 0.731. The second-order valence-corrected chi connectivity index (χ2v) is 5.25. The second-order valence-electron chi connectivity index (χ2n) is 4.40. The summed E-state index contributed by atoms with van der Waals surface area (Å²) in [6.45, 7) is 1.74. The maximum atomic E-state index is 11.6. The van der Waals surface area contributed by atoms with E-state index < -0.39 is 5.41 Å². The fraction of sp³-hybridized carbons (Fsp3) is 0.545. The Labute approximate surface area is 104 Å². The highest BCUT2D eigenvalue weighted by Crippen LogP contribution is 2.37. The number of hydrogen-bond donors (Lipinski definition) is 2. The third-order valence-corrected chi connectivity index (χ3v) is 3.70. The molecule has 1 aliphatic rings. The first-order valence-corrected chi connectivity index (χ1v) is 5.79. The summed E-state index contributed by atoms with van der Waals surface area (Å²) in [4.78, 5) is 13.5. The molecule has 90 valence electrons. The summed E-state index contributed by atoms with van der Waals surface area (Å²) in [5.41, 5.74) is 5.47. The van der Waals surface area contributed by atoms with Crippen LogP contribution < -0.4 is 5.73 Å². The molecule has 0 spiro atoms. The van der Waals surface area contributed by atoms with E-state index in [0.717, 1.165) is 10.1 Å². The summed E-state index contributed by atoms with van der Waals surface area (Å²) in [5, 5.41) is 9.20. The van der Waals surface area contributed by atoms with E-state index in [2.05, 4.69) is 15.9 Å². The number of hydrogen-bond acceptors (Lipinski definition) is 3. The van der Waals surface area contributed by atoms with Crippen LogP contribution in [0.15, 0.2) is 22.2 Å². The highest BCUT2D eigenvalue weighted by Gasteiger charge is 2.41. The van der Waals surface area contributed by atoms with Crippen LogP contribution in [0.1, 0.15) is 6.92 Å². The van der Waals surface area contributed by atoms with Gasteiger partial charge in [-0.3, -0.25) is 4.79 Å². The number of nitrogens with two attached hydrogens (primary N) is 1. The van der Waals surface area contributed by atoms with Crippen LogP contribution in [0.4, 0.5) is 0 Å². The number of likely N-dealkylation sites (N-methyl/N-ethyl adjacent to an activating group) is 1. The zero-order chi connectivity index (χ0) is 12.5. The molecule has 0 saturated heterocycles. The fourth-order valence-corrected chi connectivity index (χ4v) is 2.65. The quantitative estimate of drug-likeness (QED) is 0.800. The van der Waals surface area contributed by atoms with E-state index in [1.54, 1.807) is 13.0 Å². The minimum absolute atomic E-state index is 0.0593. The van der Waals surface area contributed by atoms with Crippen LogP contribution in [0.2, 0.25) is 0 Å². The Morgan fingerprint density at radius 3 is 2.62 bits per heavy atom. The van der Waals surface area contributed by atoms with Gasteiger partial charge in [0.1, 0.15) is 0 Å². The molecule has 0 bridgehead atoms. The number of rotatable bonds is 3. The summed E-state index contributed by atoms with van der Waals surface area (Å²) in [6.07, 6.45) is 3.64. The van der Waals surface area contributed by atoms with E-state index in [1.807, 2.05) is 25.1 Å². The number of aliphatic hydroxyl groups excluding tert-OH is 1. The molecular formula is C11H17BrN2O2. The molecule has 0 radical (unpaired) electrons. The molecule has 16 heavy (non-hydrogen) atoms. The lowest BCUT2D eigenvalue weighted by molar-refractivity contribution is -0.126. The minimum Gasteiger partial charge on any atom is -0.392 e. The van der Waals surface area contributed by atoms with Gasteiger partial charge in [-0.2, -0.15) is 0 Å².